The SMILES string of the molecule is c1ccc(-c2ccc(-c3ccc(-c4nc(-c5ccccc5)nc(-c5ccc6c7ccccc7n(-c7ccc(-c8ccccc8)cc7)c6c5)n4)cc3)cc2)cc1. The van der Waals surface area contributed by atoms with E-state index in [1.165, 1.54) is 33.0 Å². The standard InChI is InChI=1S/C51H34N4/c1-4-12-35(13-5-1)37-20-22-38(23-21-37)39-24-26-42(27-25-39)50-52-49(41-16-8-3-9-17-41)53-51(54-50)43-30-33-46-45-18-10-11-19-47(45)55(48(46)34-43)44-31-28-40(29-32-44)36-14-6-2-7-15-36/h1-34H. The monoisotopic (exact) mass is 702 g/mol. The Morgan fingerprint density at radius 2 is 0.600 bits per heavy atom. The Bertz CT molecular complexity index is 2920. The predicted molar refractivity (Wildman–Crippen MR) is 227 cm³/mol. The lowest BCUT2D eigenvalue weighted by Gasteiger charge is -2.11. The number of fused-ring (bicyclic) bond motifs is 3. The van der Waals surface area contributed by atoms with Crippen LogP contribution in [-0.2, 0) is 0 Å². The molecule has 4 heteroatoms. The zero-order valence-electron chi connectivity index (χ0n) is 29.9. The van der Waals surface area contributed by atoms with Crippen LogP contribution in [0, 0.1) is 0 Å². The second-order valence-corrected chi connectivity index (χ2v) is 13.7. The van der Waals surface area contributed by atoms with Crippen molar-refractivity contribution in [3.05, 3.63) is 206 Å². The van der Waals surface area contributed by atoms with E-state index in [-0.39, 0.29) is 0 Å². The minimum absolute atomic E-state index is 0.627. The largest absolute Gasteiger partial charge is 0.309 e. The summed E-state index contributed by atoms with van der Waals surface area (Å²) in [5.74, 6) is 1.90. The molecule has 0 spiro atoms. The molecule has 258 valence electrons. The first-order valence-electron chi connectivity index (χ1n) is 18.5. The Morgan fingerprint density at radius 3 is 1.13 bits per heavy atom. The molecule has 0 saturated heterocycles. The zero-order valence-corrected chi connectivity index (χ0v) is 29.9. The highest BCUT2D eigenvalue weighted by Crippen LogP contribution is 2.36. The van der Waals surface area contributed by atoms with Crippen LogP contribution in [0.15, 0.2) is 206 Å². The maximum Gasteiger partial charge on any atom is 0.164 e. The van der Waals surface area contributed by atoms with Crippen molar-refractivity contribution in [2.75, 3.05) is 0 Å². The van der Waals surface area contributed by atoms with Gasteiger partial charge in [0, 0.05) is 33.2 Å². The summed E-state index contributed by atoms with van der Waals surface area (Å²) >= 11 is 0. The highest BCUT2D eigenvalue weighted by molar-refractivity contribution is 6.10. The van der Waals surface area contributed by atoms with Gasteiger partial charge in [0.1, 0.15) is 0 Å². The van der Waals surface area contributed by atoms with E-state index in [0.717, 1.165) is 44.5 Å². The summed E-state index contributed by atoms with van der Waals surface area (Å²) in [6.45, 7) is 0. The van der Waals surface area contributed by atoms with Crippen LogP contribution in [0.4, 0.5) is 0 Å². The van der Waals surface area contributed by atoms with Crippen molar-refractivity contribution in [3.8, 4) is 73.2 Å². The summed E-state index contributed by atoms with van der Waals surface area (Å²) < 4.78 is 2.34. The lowest BCUT2D eigenvalue weighted by Crippen LogP contribution is -2.00. The number of hydrogen-bond acceptors (Lipinski definition) is 3. The highest BCUT2D eigenvalue weighted by atomic mass is 15.0. The molecule has 4 nitrogen and oxygen atoms in total. The molecule has 8 aromatic carbocycles. The molecule has 2 heterocycles. The molecule has 55 heavy (non-hydrogen) atoms. The van der Waals surface area contributed by atoms with Gasteiger partial charge in [0.15, 0.2) is 17.5 Å². The predicted octanol–water partition coefficient (Wildman–Crippen LogP) is 13.0. The van der Waals surface area contributed by atoms with Crippen LogP contribution in [0.1, 0.15) is 0 Å². The zero-order chi connectivity index (χ0) is 36.6. The van der Waals surface area contributed by atoms with Crippen LogP contribution >= 0.6 is 0 Å². The molecule has 10 rings (SSSR count). The van der Waals surface area contributed by atoms with Crippen molar-refractivity contribution < 1.29 is 0 Å². The number of nitrogens with zero attached hydrogens (tertiary/aromatic N) is 4. The average molecular weight is 703 g/mol. The Balaban J connectivity index is 1.06. The van der Waals surface area contributed by atoms with Crippen LogP contribution < -0.4 is 0 Å². The number of hydrogen-bond donors (Lipinski definition) is 0. The van der Waals surface area contributed by atoms with Gasteiger partial charge >= 0.3 is 0 Å². The molecule has 0 radical (unpaired) electrons. The average Bonchev–Trinajstić information content (AvgIpc) is 3.61. The third kappa shape index (κ3) is 6.16. The molecule has 2 aromatic heterocycles. The second-order valence-electron chi connectivity index (χ2n) is 13.7. The van der Waals surface area contributed by atoms with Crippen molar-refractivity contribution in [3.63, 3.8) is 0 Å². The summed E-state index contributed by atoms with van der Waals surface area (Å²) in [5.41, 5.74) is 13.2. The maximum absolute atomic E-state index is 5.12. The molecule has 0 saturated carbocycles. The summed E-state index contributed by atoms with van der Waals surface area (Å²) in [5, 5.41) is 2.38. The molecule has 0 fully saturated rings. The fourth-order valence-corrected chi connectivity index (χ4v) is 7.47. The summed E-state index contributed by atoms with van der Waals surface area (Å²) in [6, 6.07) is 72.3. The first-order chi connectivity index (χ1) is 27.2. The number of benzene rings is 8. The normalized spacial score (nSPS) is 11.3. The first-order valence-corrected chi connectivity index (χ1v) is 18.5. The van der Waals surface area contributed by atoms with E-state index >= 15 is 0 Å². The highest BCUT2D eigenvalue weighted by Gasteiger charge is 2.17. The van der Waals surface area contributed by atoms with Gasteiger partial charge in [-0.2, -0.15) is 0 Å². The van der Waals surface area contributed by atoms with Gasteiger partial charge in [-0.1, -0.05) is 182 Å². The van der Waals surface area contributed by atoms with Gasteiger partial charge in [0.05, 0.1) is 11.0 Å². The number of rotatable bonds is 7. The lowest BCUT2D eigenvalue weighted by molar-refractivity contribution is 1.07. The lowest BCUT2D eigenvalue weighted by atomic mass is 9.99. The molecule has 0 atom stereocenters. The van der Waals surface area contributed by atoms with Gasteiger partial charge < -0.3 is 4.57 Å². The molecule has 0 aliphatic rings. The fraction of sp³-hybridized carbons (Fsp3) is 0. The molecule has 0 aliphatic carbocycles. The van der Waals surface area contributed by atoms with Crippen LogP contribution in [0.3, 0.4) is 0 Å². The maximum atomic E-state index is 5.12. The van der Waals surface area contributed by atoms with E-state index in [0.29, 0.717) is 17.5 Å². The van der Waals surface area contributed by atoms with Crippen LogP contribution in [0.25, 0.3) is 95.0 Å². The summed E-state index contributed by atoms with van der Waals surface area (Å²) in [4.78, 5) is 15.2. The quantitative estimate of drug-likeness (QED) is 0.166. The first kappa shape index (κ1) is 32.2. The Hall–Kier alpha value is -7.43. The molecule has 10 aromatic rings. The van der Waals surface area contributed by atoms with Gasteiger partial charge in [0.25, 0.3) is 0 Å². The van der Waals surface area contributed by atoms with Gasteiger partial charge in [0.2, 0.25) is 0 Å². The van der Waals surface area contributed by atoms with E-state index in [4.69, 9.17) is 15.0 Å². The fourth-order valence-electron chi connectivity index (χ4n) is 7.47. The third-order valence-corrected chi connectivity index (χ3v) is 10.3. The molecular weight excluding hydrogens is 669 g/mol. The van der Waals surface area contributed by atoms with E-state index in [1.54, 1.807) is 0 Å². The summed E-state index contributed by atoms with van der Waals surface area (Å²) in [7, 11) is 0. The van der Waals surface area contributed by atoms with Crippen LogP contribution in [0.5, 0.6) is 0 Å². The Labute approximate surface area is 319 Å². The minimum atomic E-state index is 0.627. The van der Waals surface area contributed by atoms with Gasteiger partial charge in [-0.05, 0) is 57.6 Å². The van der Waals surface area contributed by atoms with E-state index < -0.39 is 0 Å². The van der Waals surface area contributed by atoms with E-state index in [9.17, 15) is 0 Å². The second kappa shape index (κ2) is 13.8. The summed E-state index contributed by atoms with van der Waals surface area (Å²) in [6.07, 6.45) is 0. The molecule has 0 unspecified atom stereocenters. The van der Waals surface area contributed by atoms with Crippen LogP contribution in [0.2, 0.25) is 0 Å². The van der Waals surface area contributed by atoms with E-state index in [2.05, 4.69) is 174 Å². The number of aromatic nitrogens is 4. The van der Waals surface area contributed by atoms with Crippen molar-refractivity contribution >= 4 is 21.8 Å². The van der Waals surface area contributed by atoms with Gasteiger partial charge in [-0.15, -0.1) is 0 Å². The molecule has 0 aliphatic heterocycles. The van der Waals surface area contributed by atoms with Gasteiger partial charge in [-0.3, -0.25) is 0 Å². The van der Waals surface area contributed by atoms with Crippen molar-refractivity contribution in [2.24, 2.45) is 0 Å². The van der Waals surface area contributed by atoms with Gasteiger partial charge in [-0.25, -0.2) is 15.0 Å². The molecule has 0 bridgehead atoms. The minimum Gasteiger partial charge on any atom is -0.309 e. The third-order valence-electron chi connectivity index (χ3n) is 10.3. The Morgan fingerprint density at radius 1 is 0.255 bits per heavy atom. The van der Waals surface area contributed by atoms with Crippen molar-refractivity contribution in [1.82, 2.24) is 19.5 Å². The molecule has 0 amide bonds. The van der Waals surface area contributed by atoms with E-state index in [1.807, 2.05) is 36.4 Å². The van der Waals surface area contributed by atoms with Crippen molar-refractivity contribution in [1.29, 1.82) is 0 Å². The smallest absolute Gasteiger partial charge is 0.164 e. The topological polar surface area (TPSA) is 43.6 Å². The number of para-hydroxylation sites is 1. The molecular formula is C51H34N4. The Kier molecular flexibility index (Phi) is 8.12. The molecule has 0 N–H and O–H groups in total. The van der Waals surface area contributed by atoms with Crippen LogP contribution in [-0.4, -0.2) is 19.5 Å². The van der Waals surface area contributed by atoms with Crippen molar-refractivity contribution in [2.45, 2.75) is 0 Å².